The van der Waals surface area contributed by atoms with Crippen LogP contribution in [-0.2, 0) is 25.4 Å². The summed E-state index contributed by atoms with van der Waals surface area (Å²) in [5.41, 5.74) is -2.88. The molecular formula is C28H42F2N2O7. The third-order valence-corrected chi connectivity index (χ3v) is 7.04. The number of nitrogens with zero attached hydrogens (tertiary/aromatic N) is 2. The third-order valence-electron chi connectivity index (χ3n) is 7.04. The standard InChI is InChI=1S/C28H42F2N2O7/c1-16(33)32-22(11-17-9-18(29)12-19(30)10-17)24(38-28(32,7)8)21-13-20(37-15-23(34)27(5,6)36)14-31(21)25(35)39-26(2,3)4/h9-10,12,20-24,34,36H,11,13-15H2,1-8H3/t20-,21-,22+,23?,24-/m1/s1. The van der Waals surface area contributed by atoms with Crippen LogP contribution in [0.5, 0.6) is 0 Å². The van der Waals surface area contributed by atoms with Crippen LogP contribution in [0, 0.1) is 11.6 Å². The minimum absolute atomic E-state index is 0.0873. The first-order chi connectivity index (χ1) is 17.8. The number of hydrogen-bond donors (Lipinski definition) is 2. The van der Waals surface area contributed by atoms with Crippen LogP contribution in [0.2, 0.25) is 0 Å². The Morgan fingerprint density at radius 2 is 1.74 bits per heavy atom. The average molecular weight is 557 g/mol. The van der Waals surface area contributed by atoms with Crippen molar-refractivity contribution in [3.8, 4) is 0 Å². The molecule has 2 heterocycles. The van der Waals surface area contributed by atoms with Gasteiger partial charge >= 0.3 is 6.09 Å². The van der Waals surface area contributed by atoms with Crippen molar-refractivity contribution in [3.63, 3.8) is 0 Å². The number of halogens is 2. The highest BCUT2D eigenvalue weighted by molar-refractivity contribution is 5.75. The van der Waals surface area contributed by atoms with E-state index in [-0.39, 0.29) is 25.5 Å². The van der Waals surface area contributed by atoms with Crippen molar-refractivity contribution >= 4 is 12.0 Å². The van der Waals surface area contributed by atoms with Crippen molar-refractivity contribution in [2.45, 2.75) is 116 Å². The third kappa shape index (κ3) is 7.65. The van der Waals surface area contributed by atoms with Gasteiger partial charge in [0.2, 0.25) is 5.91 Å². The summed E-state index contributed by atoms with van der Waals surface area (Å²) in [6, 6.07) is 1.94. The Balaban J connectivity index is 1.96. The second-order valence-electron chi connectivity index (χ2n) is 12.5. The minimum atomic E-state index is -1.38. The topological polar surface area (TPSA) is 109 Å². The number of hydrogen-bond acceptors (Lipinski definition) is 7. The van der Waals surface area contributed by atoms with Crippen LogP contribution in [0.4, 0.5) is 13.6 Å². The molecule has 2 amide bonds. The van der Waals surface area contributed by atoms with Gasteiger partial charge in [-0.05, 0) is 79.0 Å². The van der Waals surface area contributed by atoms with Gasteiger partial charge in [0.25, 0.3) is 0 Å². The number of carbonyl (C=O) groups excluding carboxylic acids is 2. The first-order valence-corrected chi connectivity index (χ1v) is 13.2. The van der Waals surface area contributed by atoms with E-state index >= 15 is 0 Å². The van der Waals surface area contributed by atoms with E-state index < -0.39 is 65.1 Å². The summed E-state index contributed by atoms with van der Waals surface area (Å²) in [5, 5.41) is 20.3. The normalized spacial score (nSPS) is 26.2. The monoisotopic (exact) mass is 556 g/mol. The van der Waals surface area contributed by atoms with E-state index in [1.165, 1.54) is 37.8 Å². The smallest absolute Gasteiger partial charge is 0.410 e. The molecule has 2 N–H and O–H groups in total. The summed E-state index contributed by atoms with van der Waals surface area (Å²) < 4.78 is 46.1. The Bertz CT molecular complexity index is 1030. The van der Waals surface area contributed by atoms with E-state index in [1.807, 2.05) is 0 Å². The van der Waals surface area contributed by atoms with E-state index in [0.717, 1.165) is 6.07 Å². The SMILES string of the molecule is CC(=O)N1[C@@H](Cc2cc(F)cc(F)c2)[C@@H]([C@H]2C[C@@H](OCC(O)C(C)(C)O)CN2C(=O)OC(C)(C)C)OC1(C)C. The predicted octanol–water partition coefficient (Wildman–Crippen LogP) is 3.39. The molecule has 1 unspecified atom stereocenters. The zero-order valence-electron chi connectivity index (χ0n) is 24.0. The molecule has 0 aliphatic carbocycles. The van der Waals surface area contributed by atoms with E-state index in [2.05, 4.69) is 0 Å². The van der Waals surface area contributed by atoms with Gasteiger partial charge in [0, 0.05) is 13.0 Å². The van der Waals surface area contributed by atoms with Crippen LogP contribution in [-0.4, -0.2) is 92.5 Å². The minimum Gasteiger partial charge on any atom is -0.444 e. The number of likely N-dealkylation sites (tertiary alicyclic amines) is 1. The number of rotatable bonds is 7. The number of benzene rings is 1. The highest BCUT2D eigenvalue weighted by Crippen LogP contribution is 2.40. The van der Waals surface area contributed by atoms with Crippen LogP contribution in [0.3, 0.4) is 0 Å². The van der Waals surface area contributed by atoms with Gasteiger partial charge in [-0.2, -0.15) is 0 Å². The van der Waals surface area contributed by atoms with Crippen LogP contribution < -0.4 is 0 Å². The lowest BCUT2D eigenvalue weighted by molar-refractivity contribution is -0.146. The zero-order chi connectivity index (χ0) is 29.5. The lowest BCUT2D eigenvalue weighted by atomic mass is 9.93. The summed E-state index contributed by atoms with van der Waals surface area (Å²) in [6.45, 7) is 13.0. The van der Waals surface area contributed by atoms with Gasteiger partial charge in [0.1, 0.15) is 35.2 Å². The molecule has 1 aromatic rings. The van der Waals surface area contributed by atoms with Crippen molar-refractivity contribution in [1.82, 2.24) is 9.80 Å². The second-order valence-corrected chi connectivity index (χ2v) is 12.5. The predicted molar refractivity (Wildman–Crippen MR) is 139 cm³/mol. The van der Waals surface area contributed by atoms with Crippen LogP contribution in [0.15, 0.2) is 18.2 Å². The summed E-state index contributed by atoms with van der Waals surface area (Å²) in [7, 11) is 0. The molecule has 11 heteroatoms. The summed E-state index contributed by atoms with van der Waals surface area (Å²) in [4.78, 5) is 29.2. The fourth-order valence-electron chi connectivity index (χ4n) is 5.36. The van der Waals surface area contributed by atoms with E-state index in [0.29, 0.717) is 12.0 Å². The summed E-state index contributed by atoms with van der Waals surface area (Å²) in [6.07, 6.45) is -2.64. The first kappa shape index (κ1) is 31.2. The maximum absolute atomic E-state index is 14.0. The number of carbonyl (C=O) groups is 2. The Hall–Kier alpha value is -2.34. The maximum atomic E-state index is 14.0. The van der Waals surface area contributed by atoms with Crippen molar-refractivity contribution in [3.05, 3.63) is 35.4 Å². The summed E-state index contributed by atoms with van der Waals surface area (Å²) >= 11 is 0. The Labute approximate surface area is 229 Å². The molecule has 0 radical (unpaired) electrons. The van der Waals surface area contributed by atoms with Gasteiger partial charge in [-0.1, -0.05) is 0 Å². The fraction of sp³-hybridized carbons (Fsp3) is 0.714. The number of aliphatic hydroxyl groups is 2. The number of ether oxygens (including phenoxy) is 3. The quantitative estimate of drug-likeness (QED) is 0.530. The average Bonchev–Trinajstić information content (AvgIpc) is 3.27. The molecule has 3 rings (SSSR count). The largest absolute Gasteiger partial charge is 0.444 e. The van der Waals surface area contributed by atoms with E-state index in [4.69, 9.17) is 14.2 Å². The number of amides is 2. The molecule has 220 valence electrons. The molecule has 1 aromatic carbocycles. The molecule has 2 aliphatic heterocycles. The van der Waals surface area contributed by atoms with Crippen molar-refractivity contribution < 1.29 is 42.8 Å². The van der Waals surface area contributed by atoms with Crippen molar-refractivity contribution in [1.29, 1.82) is 0 Å². The first-order valence-electron chi connectivity index (χ1n) is 13.2. The van der Waals surface area contributed by atoms with Crippen molar-refractivity contribution in [2.75, 3.05) is 13.2 Å². The highest BCUT2D eigenvalue weighted by Gasteiger charge is 2.55. The molecule has 0 bridgehead atoms. The Morgan fingerprint density at radius 3 is 2.26 bits per heavy atom. The molecule has 39 heavy (non-hydrogen) atoms. The number of aliphatic hydroxyl groups excluding tert-OH is 1. The Kier molecular flexibility index (Phi) is 9.01. The maximum Gasteiger partial charge on any atom is 0.410 e. The van der Waals surface area contributed by atoms with Gasteiger partial charge in [0.15, 0.2) is 0 Å². The summed E-state index contributed by atoms with van der Waals surface area (Å²) in [5.74, 6) is -1.75. The lowest BCUT2D eigenvalue weighted by Gasteiger charge is -2.34. The zero-order valence-corrected chi connectivity index (χ0v) is 24.0. The van der Waals surface area contributed by atoms with Gasteiger partial charge in [-0.15, -0.1) is 0 Å². The van der Waals surface area contributed by atoms with Gasteiger partial charge in [-0.3, -0.25) is 9.69 Å². The molecular weight excluding hydrogens is 514 g/mol. The molecule has 0 saturated carbocycles. The van der Waals surface area contributed by atoms with Crippen LogP contribution in [0.25, 0.3) is 0 Å². The highest BCUT2D eigenvalue weighted by atomic mass is 19.1. The fourth-order valence-corrected chi connectivity index (χ4v) is 5.36. The lowest BCUT2D eigenvalue weighted by Crippen LogP contribution is -2.52. The Morgan fingerprint density at radius 1 is 1.15 bits per heavy atom. The van der Waals surface area contributed by atoms with Gasteiger partial charge in [0.05, 0.1) is 36.9 Å². The molecule has 9 nitrogen and oxygen atoms in total. The second kappa shape index (κ2) is 11.3. The van der Waals surface area contributed by atoms with E-state index in [1.54, 1.807) is 39.5 Å². The molecule has 2 aliphatic rings. The van der Waals surface area contributed by atoms with Crippen LogP contribution in [0.1, 0.15) is 67.4 Å². The molecule has 5 atom stereocenters. The van der Waals surface area contributed by atoms with Crippen LogP contribution >= 0.6 is 0 Å². The molecule has 2 saturated heterocycles. The molecule has 0 spiro atoms. The van der Waals surface area contributed by atoms with Crippen molar-refractivity contribution in [2.24, 2.45) is 0 Å². The van der Waals surface area contributed by atoms with Gasteiger partial charge in [-0.25, -0.2) is 13.6 Å². The van der Waals surface area contributed by atoms with Gasteiger partial charge < -0.3 is 29.3 Å². The van der Waals surface area contributed by atoms with E-state index in [9.17, 15) is 28.6 Å². The molecule has 2 fully saturated rings. The molecule has 0 aromatic heterocycles.